The molecule has 6 nitrogen and oxygen atoms in total. The minimum absolute atomic E-state index is 0.0686. The molecule has 4 rings (SSSR count). The van der Waals surface area contributed by atoms with Crippen LogP contribution in [0.15, 0.2) is 75.8 Å². The Morgan fingerprint density at radius 2 is 1.90 bits per heavy atom. The van der Waals surface area contributed by atoms with E-state index in [2.05, 4.69) is 15.5 Å². The molecule has 2 aromatic carbocycles. The summed E-state index contributed by atoms with van der Waals surface area (Å²) in [7, 11) is 0. The summed E-state index contributed by atoms with van der Waals surface area (Å²) < 4.78 is 11.4. The maximum absolute atomic E-state index is 12.2. The maximum Gasteiger partial charge on any atom is 0.248 e. The quantitative estimate of drug-likeness (QED) is 0.428. The molecule has 0 fully saturated rings. The van der Waals surface area contributed by atoms with E-state index in [0.717, 1.165) is 22.4 Å². The van der Waals surface area contributed by atoms with Crippen molar-refractivity contribution >= 4 is 17.2 Å². The molecular formula is C23H21N3O3S. The van der Waals surface area contributed by atoms with Crippen LogP contribution in [0.3, 0.4) is 0 Å². The molecule has 0 unspecified atom stereocenters. The van der Waals surface area contributed by atoms with Gasteiger partial charge in [-0.25, -0.2) is 0 Å². The fourth-order valence-electron chi connectivity index (χ4n) is 2.85. The highest BCUT2D eigenvalue weighted by atomic mass is 32.1. The van der Waals surface area contributed by atoms with E-state index in [4.69, 9.17) is 9.15 Å². The van der Waals surface area contributed by atoms with E-state index in [1.165, 1.54) is 0 Å². The fraction of sp³-hybridized carbons (Fsp3) is 0.174. The van der Waals surface area contributed by atoms with E-state index in [-0.39, 0.29) is 12.3 Å². The van der Waals surface area contributed by atoms with E-state index >= 15 is 0 Å². The molecule has 7 heteroatoms. The lowest BCUT2D eigenvalue weighted by molar-refractivity contribution is -0.121. The third kappa shape index (κ3) is 5.55. The van der Waals surface area contributed by atoms with Gasteiger partial charge in [0, 0.05) is 30.3 Å². The number of hydrogen-bond acceptors (Lipinski definition) is 6. The first-order valence-corrected chi connectivity index (χ1v) is 10.6. The monoisotopic (exact) mass is 419 g/mol. The Hall–Kier alpha value is -3.45. The number of nitrogens with zero attached hydrogens (tertiary/aromatic N) is 2. The van der Waals surface area contributed by atoms with Gasteiger partial charge in [0.25, 0.3) is 0 Å². The van der Waals surface area contributed by atoms with Crippen molar-refractivity contribution in [1.29, 1.82) is 0 Å². The molecule has 0 saturated heterocycles. The molecule has 0 aliphatic heterocycles. The topological polar surface area (TPSA) is 77.2 Å². The van der Waals surface area contributed by atoms with Crippen molar-refractivity contribution < 1.29 is 13.9 Å². The van der Waals surface area contributed by atoms with Crippen LogP contribution in [0.5, 0.6) is 5.75 Å². The van der Waals surface area contributed by atoms with E-state index in [1.54, 1.807) is 11.3 Å². The van der Waals surface area contributed by atoms with E-state index < -0.39 is 0 Å². The number of aryl methyl sites for hydroxylation is 1. The zero-order valence-electron chi connectivity index (χ0n) is 16.3. The third-order valence-corrected chi connectivity index (χ3v) is 5.12. The molecule has 0 aliphatic carbocycles. The van der Waals surface area contributed by atoms with Gasteiger partial charge in [0.15, 0.2) is 0 Å². The van der Waals surface area contributed by atoms with Gasteiger partial charge >= 0.3 is 0 Å². The zero-order chi connectivity index (χ0) is 20.6. The Balaban J connectivity index is 1.23. The normalized spacial score (nSPS) is 10.7. The highest BCUT2D eigenvalue weighted by Gasteiger charge is 2.11. The number of benzene rings is 2. The van der Waals surface area contributed by atoms with E-state index in [9.17, 15) is 4.79 Å². The molecule has 2 heterocycles. The number of carbonyl (C=O) groups is 1. The first-order chi connectivity index (χ1) is 14.8. The molecule has 0 atom stereocenters. The summed E-state index contributed by atoms with van der Waals surface area (Å²) in [5, 5.41) is 14.9. The maximum atomic E-state index is 12.2. The Morgan fingerprint density at radius 1 is 1.03 bits per heavy atom. The summed E-state index contributed by atoms with van der Waals surface area (Å²) in [6, 6.07) is 19.7. The second kappa shape index (κ2) is 9.84. The molecular weight excluding hydrogens is 398 g/mol. The van der Waals surface area contributed by atoms with Gasteiger partial charge in [-0.3, -0.25) is 4.79 Å². The molecule has 1 N–H and O–H groups in total. The molecule has 4 aromatic rings. The number of amides is 1. The average molecular weight is 420 g/mol. The molecule has 1 amide bonds. The molecule has 2 aromatic heterocycles. The van der Waals surface area contributed by atoms with Crippen LogP contribution in [0.1, 0.15) is 23.4 Å². The van der Waals surface area contributed by atoms with Crippen LogP contribution in [-0.2, 0) is 24.4 Å². The first-order valence-electron chi connectivity index (χ1n) is 9.63. The lowest BCUT2D eigenvalue weighted by Gasteiger charge is -2.09. The number of rotatable bonds is 9. The highest BCUT2D eigenvalue weighted by Crippen LogP contribution is 2.21. The van der Waals surface area contributed by atoms with Crippen molar-refractivity contribution in [2.24, 2.45) is 0 Å². The van der Waals surface area contributed by atoms with Crippen LogP contribution < -0.4 is 10.1 Å². The number of carbonyl (C=O) groups excluding carboxylic acids is 1. The summed E-state index contributed by atoms with van der Waals surface area (Å²) in [6.45, 7) is 0.944. The molecule has 0 aliphatic rings. The Labute approximate surface area is 178 Å². The second-order valence-electron chi connectivity index (χ2n) is 6.71. The van der Waals surface area contributed by atoms with E-state index in [1.807, 2.05) is 71.4 Å². The number of thiophene rings is 1. The van der Waals surface area contributed by atoms with Crippen LogP contribution >= 0.6 is 11.3 Å². The van der Waals surface area contributed by atoms with Crippen molar-refractivity contribution in [3.05, 3.63) is 88.4 Å². The Bertz CT molecular complexity index is 1080. The smallest absolute Gasteiger partial charge is 0.248 e. The van der Waals surface area contributed by atoms with Gasteiger partial charge in [-0.1, -0.05) is 42.5 Å². The average Bonchev–Trinajstić information content (AvgIpc) is 3.48. The number of nitrogens with one attached hydrogen (secondary N) is 1. The van der Waals surface area contributed by atoms with Crippen LogP contribution in [0.4, 0.5) is 0 Å². The summed E-state index contributed by atoms with van der Waals surface area (Å²) >= 11 is 1.57. The summed E-state index contributed by atoms with van der Waals surface area (Å²) in [5.41, 5.74) is 2.99. The predicted octanol–water partition coefficient (Wildman–Crippen LogP) is 4.63. The van der Waals surface area contributed by atoms with Crippen LogP contribution in [0.2, 0.25) is 0 Å². The summed E-state index contributed by atoms with van der Waals surface area (Å²) in [5.74, 6) is 1.65. The SMILES string of the molecule is O=C(CCc1nnc(-c2ccsc2)o1)NCc1cccc(OCc2ccccc2)c1. The van der Waals surface area contributed by atoms with Crippen molar-refractivity contribution in [3.8, 4) is 17.2 Å². The second-order valence-corrected chi connectivity index (χ2v) is 7.49. The fourth-order valence-corrected chi connectivity index (χ4v) is 3.48. The minimum Gasteiger partial charge on any atom is -0.489 e. The van der Waals surface area contributed by atoms with Crippen LogP contribution in [0.25, 0.3) is 11.5 Å². The van der Waals surface area contributed by atoms with Crippen molar-refractivity contribution in [2.45, 2.75) is 26.0 Å². The molecule has 0 bridgehead atoms. The Morgan fingerprint density at radius 3 is 2.73 bits per heavy atom. The van der Waals surface area contributed by atoms with Gasteiger partial charge in [0.05, 0.1) is 0 Å². The first kappa shape index (κ1) is 19.8. The Kier molecular flexibility index (Phi) is 6.51. The van der Waals surface area contributed by atoms with Gasteiger partial charge in [-0.15, -0.1) is 10.2 Å². The molecule has 152 valence electrons. The van der Waals surface area contributed by atoms with E-state index in [0.29, 0.717) is 31.4 Å². The lowest BCUT2D eigenvalue weighted by atomic mass is 10.2. The van der Waals surface area contributed by atoms with Crippen molar-refractivity contribution in [2.75, 3.05) is 0 Å². The van der Waals surface area contributed by atoms with Crippen LogP contribution in [-0.4, -0.2) is 16.1 Å². The van der Waals surface area contributed by atoms with Crippen molar-refractivity contribution in [3.63, 3.8) is 0 Å². The van der Waals surface area contributed by atoms with Gasteiger partial charge < -0.3 is 14.5 Å². The molecule has 0 saturated carbocycles. The van der Waals surface area contributed by atoms with Crippen molar-refractivity contribution in [1.82, 2.24) is 15.5 Å². The molecule has 0 radical (unpaired) electrons. The van der Waals surface area contributed by atoms with Gasteiger partial charge in [0.2, 0.25) is 17.7 Å². The van der Waals surface area contributed by atoms with Crippen LogP contribution in [0, 0.1) is 0 Å². The standard InChI is InChI=1S/C23H21N3O3S/c27-21(9-10-22-25-26-23(29-22)19-11-12-30-16-19)24-14-18-7-4-8-20(13-18)28-15-17-5-2-1-3-6-17/h1-8,11-13,16H,9-10,14-15H2,(H,24,27). The van der Waals surface area contributed by atoms with Gasteiger partial charge in [-0.2, -0.15) is 11.3 Å². The molecule has 0 spiro atoms. The number of aromatic nitrogens is 2. The third-order valence-electron chi connectivity index (χ3n) is 4.44. The highest BCUT2D eigenvalue weighted by molar-refractivity contribution is 7.08. The van der Waals surface area contributed by atoms with Gasteiger partial charge in [0.1, 0.15) is 12.4 Å². The largest absolute Gasteiger partial charge is 0.489 e. The minimum atomic E-state index is -0.0686. The summed E-state index contributed by atoms with van der Waals surface area (Å²) in [4.78, 5) is 12.2. The molecule has 30 heavy (non-hydrogen) atoms. The number of hydrogen-bond donors (Lipinski definition) is 1. The zero-order valence-corrected chi connectivity index (χ0v) is 17.1. The number of ether oxygens (including phenoxy) is 1. The summed E-state index contributed by atoms with van der Waals surface area (Å²) in [6.07, 6.45) is 0.693. The lowest BCUT2D eigenvalue weighted by Crippen LogP contribution is -2.23. The van der Waals surface area contributed by atoms with Gasteiger partial charge in [-0.05, 0) is 34.7 Å². The predicted molar refractivity (Wildman–Crippen MR) is 115 cm³/mol.